The van der Waals surface area contributed by atoms with Crippen LogP contribution < -0.4 is 11.1 Å². The van der Waals surface area contributed by atoms with Crippen LogP contribution in [0.3, 0.4) is 0 Å². The summed E-state index contributed by atoms with van der Waals surface area (Å²) in [5.41, 5.74) is 5.53. The minimum atomic E-state index is -0.297. The lowest BCUT2D eigenvalue weighted by Gasteiger charge is -2.54. The van der Waals surface area contributed by atoms with Gasteiger partial charge < -0.3 is 15.1 Å². The summed E-state index contributed by atoms with van der Waals surface area (Å²) in [6.45, 7) is 8.19. The molecule has 0 aromatic carbocycles. The number of urea groups is 1. The molecule has 5 nitrogen and oxygen atoms in total. The zero-order valence-electron chi connectivity index (χ0n) is 12.4. The Bertz CT molecular complexity index is 492. The molecule has 0 unspecified atom stereocenters. The number of hydrogen-bond donors (Lipinski definition) is 2. The molecule has 2 heterocycles. The van der Waals surface area contributed by atoms with Gasteiger partial charge in [0, 0.05) is 23.2 Å². The highest BCUT2D eigenvalue weighted by atomic mass is 79.9. The van der Waals surface area contributed by atoms with Crippen LogP contribution in [0, 0.1) is 0 Å². The smallest absolute Gasteiger partial charge is 0.325 e. The Morgan fingerprint density at radius 1 is 1.35 bits per heavy atom. The fraction of sp³-hybridized carbons (Fsp3) is 0.643. The molecule has 1 aliphatic heterocycles. The summed E-state index contributed by atoms with van der Waals surface area (Å²) in [4.78, 5) is 14.5. The molecular formula is C14H22BrN3O2. The van der Waals surface area contributed by atoms with Gasteiger partial charge in [0.05, 0.1) is 0 Å². The number of furan rings is 1. The number of likely N-dealkylation sites (tertiary alicyclic amines) is 1. The van der Waals surface area contributed by atoms with Crippen LogP contribution in [0.4, 0.5) is 10.7 Å². The van der Waals surface area contributed by atoms with Gasteiger partial charge in [0.2, 0.25) is 5.88 Å². The SMILES string of the molecule is CC1(C)CC(N)CC(C)(C)N1C(=O)Nc1ccc(Br)o1. The van der Waals surface area contributed by atoms with Crippen LogP contribution in [0.5, 0.6) is 0 Å². The number of amides is 2. The number of anilines is 1. The summed E-state index contributed by atoms with van der Waals surface area (Å²) in [6, 6.07) is 3.42. The number of rotatable bonds is 1. The molecule has 2 rings (SSSR count). The molecule has 1 aromatic heterocycles. The van der Waals surface area contributed by atoms with Crippen molar-refractivity contribution >= 4 is 27.8 Å². The molecule has 0 saturated carbocycles. The first-order valence-electron chi connectivity index (χ1n) is 6.74. The topological polar surface area (TPSA) is 71.5 Å². The van der Waals surface area contributed by atoms with Crippen LogP contribution in [-0.4, -0.2) is 28.1 Å². The van der Waals surface area contributed by atoms with Crippen molar-refractivity contribution in [1.82, 2.24) is 4.90 Å². The van der Waals surface area contributed by atoms with Gasteiger partial charge in [0.15, 0.2) is 4.67 Å². The largest absolute Gasteiger partial charge is 0.434 e. The molecule has 0 atom stereocenters. The van der Waals surface area contributed by atoms with Crippen LogP contribution in [0.1, 0.15) is 40.5 Å². The van der Waals surface area contributed by atoms with E-state index in [1.165, 1.54) is 0 Å². The van der Waals surface area contributed by atoms with E-state index in [-0.39, 0.29) is 23.2 Å². The summed E-state index contributed by atoms with van der Waals surface area (Å²) in [5.74, 6) is 0.434. The first kappa shape index (κ1) is 15.4. The Labute approximate surface area is 128 Å². The Kier molecular flexibility index (Phi) is 3.90. The second kappa shape index (κ2) is 5.07. The molecule has 20 heavy (non-hydrogen) atoms. The van der Waals surface area contributed by atoms with Crippen molar-refractivity contribution < 1.29 is 9.21 Å². The Balaban J connectivity index is 2.22. The van der Waals surface area contributed by atoms with Crippen molar-refractivity contribution in [3.63, 3.8) is 0 Å². The number of nitrogens with two attached hydrogens (primary N) is 1. The third-order valence-corrected chi connectivity index (χ3v) is 4.17. The van der Waals surface area contributed by atoms with E-state index >= 15 is 0 Å². The van der Waals surface area contributed by atoms with E-state index in [0.29, 0.717) is 10.6 Å². The van der Waals surface area contributed by atoms with E-state index in [9.17, 15) is 4.79 Å². The minimum Gasteiger partial charge on any atom is -0.434 e. The predicted molar refractivity (Wildman–Crippen MR) is 82.6 cm³/mol. The molecule has 1 saturated heterocycles. The standard InChI is InChI=1S/C14H22BrN3O2/c1-13(2)7-9(16)8-14(3,4)18(13)12(19)17-11-6-5-10(15)20-11/h5-6,9H,7-8,16H2,1-4H3,(H,17,19). The second-order valence-corrected chi connectivity index (χ2v) is 7.44. The fourth-order valence-electron chi connectivity index (χ4n) is 3.45. The van der Waals surface area contributed by atoms with E-state index in [1.54, 1.807) is 12.1 Å². The lowest BCUT2D eigenvalue weighted by molar-refractivity contribution is 0.00861. The highest BCUT2D eigenvalue weighted by Crippen LogP contribution is 2.38. The first-order chi connectivity index (χ1) is 9.12. The zero-order chi connectivity index (χ0) is 15.1. The lowest BCUT2D eigenvalue weighted by Crippen LogP contribution is -2.66. The van der Waals surface area contributed by atoms with Crippen LogP contribution >= 0.6 is 15.9 Å². The maximum absolute atomic E-state index is 12.6. The maximum Gasteiger partial charge on any atom is 0.325 e. The van der Waals surface area contributed by atoms with Gasteiger partial charge in [-0.25, -0.2) is 4.79 Å². The van der Waals surface area contributed by atoms with Gasteiger partial charge in [-0.05, 0) is 62.5 Å². The highest BCUT2D eigenvalue weighted by molar-refractivity contribution is 9.10. The quantitative estimate of drug-likeness (QED) is 0.818. The number of piperidine rings is 1. The van der Waals surface area contributed by atoms with Crippen molar-refractivity contribution in [3.8, 4) is 0 Å². The first-order valence-corrected chi connectivity index (χ1v) is 7.53. The number of nitrogens with one attached hydrogen (secondary N) is 1. The number of hydrogen-bond acceptors (Lipinski definition) is 3. The van der Waals surface area contributed by atoms with E-state index in [1.807, 2.05) is 32.6 Å². The average molecular weight is 344 g/mol. The maximum atomic E-state index is 12.6. The van der Waals surface area contributed by atoms with Gasteiger partial charge in [0.1, 0.15) is 0 Å². The summed E-state index contributed by atoms with van der Waals surface area (Å²) < 4.78 is 5.93. The van der Waals surface area contributed by atoms with Gasteiger partial charge in [-0.15, -0.1) is 0 Å². The molecule has 1 fully saturated rings. The van der Waals surface area contributed by atoms with Crippen molar-refractivity contribution in [2.75, 3.05) is 5.32 Å². The lowest BCUT2D eigenvalue weighted by atomic mass is 9.77. The molecular weight excluding hydrogens is 322 g/mol. The second-order valence-electron chi connectivity index (χ2n) is 6.66. The van der Waals surface area contributed by atoms with Crippen molar-refractivity contribution in [3.05, 3.63) is 16.8 Å². The number of carbonyl (C=O) groups excluding carboxylic acids is 1. The molecule has 112 valence electrons. The molecule has 6 heteroatoms. The Morgan fingerprint density at radius 2 is 1.90 bits per heavy atom. The van der Waals surface area contributed by atoms with Crippen LogP contribution in [-0.2, 0) is 0 Å². The van der Waals surface area contributed by atoms with Gasteiger partial charge in [0.25, 0.3) is 0 Å². The number of nitrogens with zero attached hydrogens (tertiary/aromatic N) is 1. The van der Waals surface area contributed by atoms with Gasteiger partial charge in [-0.2, -0.15) is 0 Å². The minimum absolute atomic E-state index is 0.113. The van der Waals surface area contributed by atoms with Crippen LogP contribution in [0.15, 0.2) is 21.2 Å². The van der Waals surface area contributed by atoms with Crippen molar-refractivity contribution in [2.45, 2.75) is 57.7 Å². The van der Waals surface area contributed by atoms with E-state index < -0.39 is 0 Å². The van der Waals surface area contributed by atoms with Gasteiger partial charge >= 0.3 is 6.03 Å². The molecule has 1 aromatic rings. The Morgan fingerprint density at radius 3 is 2.35 bits per heavy atom. The zero-order valence-corrected chi connectivity index (χ0v) is 14.0. The summed E-state index contributed by atoms with van der Waals surface area (Å²) in [5, 5.41) is 2.81. The number of halogens is 1. The monoisotopic (exact) mass is 343 g/mol. The molecule has 0 aliphatic carbocycles. The van der Waals surface area contributed by atoms with Gasteiger partial charge in [-0.3, -0.25) is 5.32 Å². The summed E-state index contributed by atoms with van der Waals surface area (Å²) >= 11 is 3.22. The molecule has 1 aliphatic rings. The molecule has 0 radical (unpaired) electrons. The van der Waals surface area contributed by atoms with E-state index in [2.05, 4.69) is 21.2 Å². The average Bonchev–Trinajstić information content (AvgIpc) is 2.58. The van der Waals surface area contributed by atoms with E-state index in [4.69, 9.17) is 10.2 Å². The molecule has 0 bridgehead atoms. The number of carbonyl (C=O) groups is 1. The van der Waals surface area contributed by atoms with E-state index in [0.717, 1.165) is 12.8 Å². The molecule has 0 spiro atoms. The van der Waals surface area contributed by atoms with Crippen molar-refractivity contribution in [1.29, 1.82) is 0 Å². The van der Waals surface area contributed by atoms with Gasteiger partial charge in [-0.1, -0.05) is 0 Å². The summed E-state index contributed by atoms with van der Waals surface area (Å²) in [7, 11) is 0. The highest BCUT2D eigenvalue weighted by Gasteiger charge is 2.47. The summed E-state index contributed by atoms with van der Waals surface area (Å²) in [6.07, 6.45) is 1.57. The fourth-order valence-corrected chi connectivity index (χ4v) is 3.76. The molecule has 2 amide bonds. The Hall–Kier alpha value is -1.01. The third kappa shape index (κ3) is 3.01. The van der Waals surface area contributed by atoms with Crippen LogP contribution in [0.2, 0.25) is 0 Å². The van der Waals surface area contributed by atoms with Crippen LogP contribution in [0.25, 0.3) is 0 Å². The molecule has 3 N–H and O–H groups in total. The third-order valence-electron chi connectivity index (χ3n) is 3.74. The predicted octanol–water partition coefficient (Wildman–Crippen LogP) is 3.55. The normalized spacial score (nSPS) is 21.8. The van der Waals surface area contributed by atoms with Crippen molar-refractivity contribution in [2.24, 2.45) is 5.73 Å².